The molecule has 1 fully saturated rings. The molecule has 5 nitrogen and oxygen atoms in total. The first-order chi connectivity index (χ1) is 12.1. The maximum absolute atomic E-state index is 12.5. The van der Waals surface area contributed by atoms with Gasteiger partial charge in [0.2, 0.25) is 0 Å². The third-order valence-electron chi connectivity index (χ3n) is 5.51. The van der Waals surface area contributed by atoms with Gasteiger partial charge >= 0.3 is 0 Å². The van der Waals surface area contributed by atoms with Crippen molar-refractivity contribution in [2.24, 2.45) is 5.41 Å². The molecule has 140 valence electrons. The molecule has 1 aliphatic carbocycles. The molecule has 0 bridgehead atoms. The predicted octanol–water partition coefficient (Wildman–Crippen LogP) is 2.76. The summed E-state index contributed by atoms with van der Waals surface area (Å²) >= 11 is 0. The molecule has 4 rings (SSSR count). The summed E-state index contributed by atoms with van der Waals surface area (Å²) in [6, 6.07) is 10.8. The van der Waals surface area contributed by atoms with E-state index in [0.29, 0.717) is 18.3 Å². The Morgan fingerprint density at radius 1 is 1.31 bits per heavy atom. The van der Waals surface area contributed by atoms with Crippen molar-refractivity contribution in [3.05, 3.63) is 53.3 Å². The van der Waals surface area contributed by atoms with Crippen LogP contribution in [0.25, 0.3) is 0 Å². The number of amides is 1. The lowest BCUT2D eigenvalue weighted by Gasteiger charge is -2.24. The van der Waals surface area contributed by atoms with Crippen LogP contribution in [-0.2, 0) is 12.8 Å². The van der Waals surface area contributed by atoms with Gasteiger partial charge in [0.25, 0.3) is 5.91 Å². The molecule has 2 aliphatic rings. The minimum Gasteiger partial charge on any atom is -0.350 e. The highest BCUT2D eigenvalue weighted by atomic mass is 35.5. The molecule has 2 heterocycles. The molecule has 2 N–H and O–H groups in total. The Hall–Kier alpha value is -1.85. The van der Waals surface area contributed by atoms with E-state index in [1.807, 2.05) is 16.9 Å². The van der Waals surface area contributed by atoms with Crippen LogP contribution in [0, 0.1) is 5.41 Å². The van der Waals surface area contributed by atoms with Crippen molar-refractivity contribution in [1.82, 2.24) is 20.4 Å². The summed E-state index contributed by atoms with van der Waals surface area (Å²) in [6.07, 6.45) is 6.24. The Balaban J connectivity index is 0.00000196. The smallest absolute Gasteiger partial charge is 0.271 e. The first-order valence-corrected chi connectivity index (χ1v) is 9.24. The van der Waals surface area contributed by atoms with Crippen molar-refractivity contribution < 1.29 is 4.79 Å². The summed E-state index contributed by atoms with van der Waals surface area (Å²) in [6.45, 7) is 4.93. The van der Waals surface area contributed by atoms with Crippen molar-refractivity contribution in [2.75, 3.05) is 19.6 Å². The van der Waals surface area contributed by atoms with Gasteiger partial charge < -0.3 is 10.6 Å². The second-order valence-corrected chi connectivity index (χ2v) is 7.80. The monoisotopic (exact) mass is 374 g/mol. The highest BCUT2D eigenvalue weighted by Crippen LogP contribution is 2.35. The quantitative estimate of drug-likeness (QED) is 0.865. The van der Waals surface area contributed by atoms with Crippen molar-refractivity contribution in [1.29, 1.82) is 0 Å². The van der Waals surface area contributed by atoms with E-state index >= 15 is 0 Å². The molecule has 1 aliphatic heterocycles. The summed E-state index contributed by atoms with van der Waals surface area (Å²) < 4.78 is 1.94. The fraction of sp³-hybridized carbons (Fsp3) is 0.500. The Morgan fingerprint density at radius 3 is 2.69 bits per heavy atom. The van der Waals surface area contributed by atoms with E-state index in [4.69, 9.17) is 0 Å². The maximum atomic E-state index is 12.5. The van der Waals surface area contributed by atoms with Gasteiger partial charge in [-0.1, -0.05) is 31.2 Å². The van der Waals surface area contributed by atoms with Crippen molar-refractivity contribution in [3.8, 4) is 0 Å². The predicted molar refractivity (Wildman–Crippen MR) is 105 cm³/mol. The number of nitrogens with one attached hydrogen (secondary N) is 2. The van der Waals surface area contributed by atoms with Crippen LogP contribution >= 0.6 is 12.4 Å². The highest BCUT2D eigenvalue weighted by molar-refractivity contribution is 5.92. The molecule has 1 unspecified atom stereocenters. The zero-order chi connectivity index (χ0) is 17.3. The Kier molecular flexibility index (Phi) is 5.68. The van der Waals surface area contributed by atoms with Gasteiger partial charge in [-0.3, -0.25) is 9.48 Å². The number of nitrogens with zero attached hydrogens (tertiary/aromatic N) is 2. The summed E-state index contributed by atoms with van der Waals surface area (Å²) in [5, 5.41) is 11.0. The molecular weight excluding hydrogens is 348 g/mol. The molecule has 0 spiro atoms. The Morgan fingerprint density at radius 2 is 2.04 bits per heavy atom. The molecule has 0 radical (unpaired) electrons. The number of carbonyl (C=O) groups is 1. The minimum atomic E-state index is -0.0697. The molecule has 0 saturated carbocycles. The number of carbonyl (C=O) groups excluding carboxylic acids is 1. The molecule has 2 aromatic rings. The van der Waals surface area contributed by atoms with Gasteiger partial charge in [-0.25, -0.2) is 0 Å². The molecule has 1 aromatic heterocycles. The van der Waals surface area contributed by atoms with E-state index in [9.17, 15) is 4.79 Å². The Labute approximate surface area is 161 Å². The third kappa shape index (κ3) is 3.94. The van der Waals surface area contributed by atoms with Crippen LogP contribution < -0.4 is 10.6 Å². The number of hydrogen-bond donors (Lipinski definition) is 2. The van der Waals surface area contributed by atoms with Crippen LogP contribution in [0.15, 0.2) is 36.5 Å². The number of aromatic nitrogens is 2. The molecule has 6 heteroatoms. The number of hydrogen-bond acceptors (Lipinski definition) is 3. The minimum absolute atomic E-state index is 0. The summed E-state index contributed by atoms with van der Waals surface area (Å²) in [5.74, 6) is -0.0697. The fourth-order valence-electron chi connectivity index (χ4n) is 4.12. The number of halogens is 1. The van der Waals surface area contributed by atoms with Gasteiger partial charge in [0.05, 0.1) is 6.04 Å². The van der Waals surface area contributed by atoms with Crippen LogP contribution in [-0.4, -0.2) is 35.3 Å². The summed E-state index contributed by atoms with van der Waals surface area (Å²) in [4.78, 5) is 12.5. The molecule has 1 aromatic carbocycles. The topological polar surface area (TPSA) is 59.0 Å². The second kappa shape index (κ2) is 7.80. The second-order valence-electron chi connectivity index (χ2n) is 7.80. The lowest BCUT2D eigenvalue weighted by atomic mass is 9.87. The van der Waals surface area contributed by atoms with Crippen molar-refractivity contribution in [2.45, 2.75) is 38.6 Å². The molecule has 26 heavy (non-hydrogen) atoms. The zero-order valence-corrected chi connectivity index (χ0v) is 16.0. The van der Waals surface area contributed by atoms with E-state index in [1.54, 1.807) is 0 Å². The normalized spacial score (nSPS) is 20.9. The fourth-order valence-corrected chi connectivity index (χ4v) is 4.12. The van der Waals surface area contributed by atoms with E-state index in [2.05, 4.69) is 46.9 Å². The zero-order valence-electron chi connectivity index (χ0n) is 15.2. The highest BCUT2D eigenvalue weighted by Gasteiger charge is 2.33. The van der Waals surface area contributed by atoms with Crippen LogP contribution in [0.2, 0.25) is 0 Å². The van der Waals surface area contributed by atoms with E-state index in [0.717, 1.165) is 38.8 Å². The van der Waals surface area contributed by atoms with Gasteiger partial charge in [0.1, 0.15) is 5.69 Å². The lowest BCUT2D eigenvalue weighted by molar-refractivity contribution is 0.0928. The number of rotatable bonds is 4. The van der Waals surface area contributed by atoms with Gasteiger partial charge in [-0.15, -0.1) is 12.4 Å². The van der Waals surface area contributed by atoms with Crippen LogP contribution in [0.3, 0.4) is 0 Å². The molecule has 1 atom stereocenters. The van der Waals surface area contributed by atoms with Gasteiger partial charge in [-0.2, -0.15) is 5.10 Å². The molecular formula is C20H27ClN4O. The van der Waals surface area contributed by atoms with Crippen LogP contribution in [0.1, 0.15) is 47.4 Å². The van der Waals surface area contributed by atoms with Crippen molar-refractivity contribution >= 4 is 18.3 Å². The first-order valence-electron chi connectivity index (χ1n) is 9.24. The van der Waals surface area contributed by atoms with E-state index in [-0.39, 0.29) is 23.7 Å². The average molecular weight is 375 g/mol. The standard InChI is InChI=1S/C20H26N4O.ClH/c1-20(11-15-5-2-3-6-16(15)12-20)14-22-19(25)18-8-10-24(23-18)17-7-4-9-21-13-17;/h2-3,5-6,8,10,17,21H,4,7,9,11-14H2,1H3,(H,22,25);1H. The third-order valence-corrected chi connectivity index (χ3v) is 5.51. The number of fused-ring (bicyclic) bond motifs is 1. The summed E-state index contributed by atoms with van der Waals surface area (Å²) in [7, 11) is 0. The number of benzene rings is 1. The van der Waals surface area contributed by atoms with E-state index in [1.165, 1.54) is 11.1 Å². The number of piperidine rings is 1. The molecule has 1 amide bonds. The SMILES string of the molecule is CC1(CNC(=O)c2ccn(C3CCCNC3)n2)Cc2ccccc2C1.Cl. The first kappa shape index (κ1) is 18.9. The largest absolute Gasteiger partial charge is 0.350 e. The molecule has 1 saturated heterocycles. The van der Waals surface area contributed by atoms with Crippen LogP contribution in [0.4, 0.5) is 0 Å². The Bertz CT molecular complexity index is 742. The van der Waals surface area contributed by atoms with Gasteiger partial charge in [-0.05, 0) is 54.8 Å². The average Bonchev–Trinajstić information content (AvgIpc) is 3.25. The van der Waals surface area contributed by atoms with Gasteiger partial charge in [0, 0.05) is 19.3 Å². The van der Waals surface area contributed by atoms with Crippen molar-refractivity contribution in [3.63, 3.8) is 0 Å². The van der Waals surface area contributed by atoms with E-state index < -0.39 is 0 Å². The lowest BCUT2D eigenvalue weighted by Crippen LogP contribution is -2.36. The summed E-state index contributed by atoms with van der Waals surface area (Å²) in [5.41, 5.74) is 3.43. The van der Waals surface area contributed by atoms with Crippen LogP contribution in [0.5, 0.6) is 0 Å². The maximum Gasteiger partial charge on any atom is 0.271 e. The van der Waals surface area contributed by atoms with Gasteiger partial charge in [0.15, 0.2) is 0 Å².